The van der Waals surface area contributed by atoms with Crippen molar-refractivity contribution in [2.24, 2.45) is 5.73 Å². The molecule has 0 fully saturated rings. The lowest BCUT2D eigenvalue weighted by molar-refractivity contribution is -0.118. The summed E-state index contributed by atoms with van der Waals surface area (Å²) in [5.41, 5.74) is 6.11. The first-order chi connectivity index (χ1) is 8.47. The molecule has 0 saturated heterocycles. The number of amides is 1. The molecule has 1 aromatic rings. The molecule has 0 saturated carbocycles. The minimum atomic E-state index is -0.328. The quantitative estimate of drug-likeness (QED) is 0.703. The standard InChI is InChI=1S/C12H21N5O/c1-5-10-16-11(14-4)8(3)12(17-10)15-7(2)6-9(13)18/h7H,5-6H2,1-4H3,(H2,13,18)(H2,14,15,16,17). The average molecular weight is 251 g/mol. The van der Waals surface area contributed by atoms with Crippen molar-refractivity contribution in [3.63, 3.8) is 0 Å². The number of nitrogens with two attached hydrogens (primary N) is 1. The molecule has 1 amide bonds. The van der Waals surface area contributed by atoms with Gasteiger partial charge < -0.3 is 16.4 Å². The van der Waals surface area contributed by atoms with Crippen LogP contribution in [0, 0.1) is 6.92 Å². The van der Waals surface area contributed by atoms with Gasteiger partial charge in [-0.1, -0.05) is 6.92 Å². The number of aryl methyl sites for hydroxylation is 1. The number of primary amides is 1. The lowest BCUT2D eigenvalue weighted by atomic mass is 10.2. The molecule has 0 aliphatic rings. The Bertz CT molecular complexity index is 433. The molecular formula is C12H21N5O. The van der Waals surface area contributed by atoms with Crippen molar-refractivity contribution in [3.05, 3.63) is 11.4 Å². The van der Waals surface area contributed by atoms with Crippen molar-refractivity contribution in [3.8, 4) is 0 Å². The van der Waals surface area contributed by atoms with Crippen LogP contribution in [0.2, 0.25) is 0 Å². The van der Waals surface area contributed by atoms with Gasteiger partial charge in [-0.15, -0.1) is 0 Å². The van der Waals surface area contributed by atoms with Crippen molar-refractivity contribution in [2.75, 3.05) is 17.7 Å². The Balaban J connectivity index is 2.96. The van der Waals surface area contributed by atoms with Gasteiger partial charge in [0, 0.05) is 31.5 Å². The Labute approximate surface area is 107 Å². The van der Waals surface area contributed by atoms with Crippen molar-refractivity contribution in [2.45, 2.75) is 39.7 Å². The summed E-state index contributed by atoms with van der Waals surface area (Å²) in [5, 5.41) is 6.24. The molecule has 6 nitrogen and oxygen atoms in total. The van der Waals surface area contributed by atoms with E-state index < -0.39 is 0 Å². The van der Waals surface area contributed by atoms with Gasteiger partial charge in [0.2, 0.25) is 5.91 Å². The molecule has 0 aliphatic heterocycles. The number of nitrogens with one attached hydrogen (secondary N) is 2. The summed E-state index contributed by atoms with van der Waals surface area (Å²) in [4.78, 5) is 19.7. The predicted octanol–water partition coefficient (Wildman–Crippen LogP) is 1.06. The first kappa shape index (κ1) is 14.2. The smallest absolute Gasteiger partial charge is 0.219 e. The second-order valence-electron chi connectivity index (χ2n) is 4.28. The van der Waals surface area contributed by atoms with E-state index in [1.54, 1.807) is 0 Å². The minimum absolute atomic E-state index is 0.0505. The molecule has 0 bridgehead atoms. The zero-order valence-electron chi connectivity index (χ0n) is 11.4. The van der Waals surface area contributed by atoms with Gasteiger partial charge in [0.25, 0.3) is 0 Å². The molecule has 1 rings (SSSR count). The van der Waals surface area contributed by atoms with Gasteiger partial charge in [0.15, 0.2) is 0 Å². The van der Waals surface area contributed by atoms with Gasteiger partial charge in [-0.2, -0.15) is 0 Å². The predicted molar refractivity (Wildman–Crippen MR) is 72.6 cm³/mol. The number of aromatic nitrogens is 2. The summed E-state index contributed by atoms with van der Waals surface area (Å²) in [6.45, 7) is 5.84. The molecule has 0 radical (unpaired) electrons. The third kappa shape index (κ3) is 3.58. The van der Waals surface area contributed by atoms with Crippen LogP contribution in [0.4, 0.5) is 11.6 Å². The highest BCUT2D eigenvalue weighted by Gasteiger charge is 2.12. The van der Waals surface area contributed by atoms with E-state index in [1.165, 1.54) is 0 Å². The molecule has 4 N–H and O–H groups in total. The third-order valence-electron chi connectivity index (χ3n) is 2.64. The van der Waals surface area contributed by atoms with Crippen LogP contribution >= 0.6 is 0 Å². The molecule has 100 valence electrons. The van der Waals surface area contributed by atoms with Crippen LogP contribution < -0.4 is 16.4 Å². The molecule has 1 aromatic heterocycles. The number of rotatable bonds is 6. The topological polar surface area (TPSA) is 92.9 Å². The number of hydrogen-bond acceptors (Lipinski definition) is 5. The summed E-state index contributed by atoms with van der Waals surface area (Å²) in [5.74, 6) is 1.99. The molecule has 0 aliphatic carbocycles. The number of hydrogen-bond donors (Lipinski definition) is 3. The monoisotopic (exact) mass is 251 g/mol. The van der Waals surface area contributed by atoms with Crippen LogP contribution in [0.25, 0.3) is 0 Å². The van der Waals surface area contributed by atoms with Crippen LogP contribution in [0.5, 0.6) is 0 Å². The van der Waals surface area contributed by atoms with E-state index in [2.05, 4.69) is 20.6 Å². The lowest BCUT2D eigenvalue weighted by Crippen LogP contribution is -2.25. The zero-order chi connectivity index (χ0) is 13.7. The van der Waals surface area contributed by atoms with Gasteiger partial charge in [-0.3, -0.25) is 4.79 Å². The molecule has 6 heteroatoms. The normalized spacial score (nSPS) is 12.0. The Hall–Kier alpha value is -1.85. The first-order valence-electron chi connectivity index (χ1n) is 6.08. The van der Waals surface area contributed by atoms with Gasteiger partial charge in [-0.25, -0.2) is 9.97 Å². The van der Waals surface area contributed by atoms with Crippen LogP contribution in [-0.2, 0) is 11.2 Å². The second kappa shape index (κ2) is 6.18. The molecular weight excluding hydrogens is 230 g/mol. The van der Waals surface area contributed by atoms with E-state index in [4.69, 9.17) is 5.73 Å². The van der Waals surface area contributed by atoms with E-state index in [0.717, 1.165) is 29.4 Å². The van der Waals surface area contributed by atoms with Crippen LogP contribution in [-0.4, -0.2) is 29.0 Å². The van der Waals surface area contributed by atoms with Crippen LogP contribution in [0.3, 0.4) is 0 Å². The molecule has 1 unspecified atom stereocenters. The average Bonchev–Trinajstić information content (AvgIpc) is 2.30. The highest BCUT2D eigenvalue weighted by atomic mass is 16.1. The SMILES string of the molecule is CCc1nc(NC)c(C)c(NC(C)CC(N)=O)n1. The maximum Gasteiger partial charge on any atom is 0.219 e. The highest BCUT2D eigenvalue weighted by Crippen LogP contribution is 2.20. The lowest BCUT2D eigenvalue weighted by Gasteiger charge is -2.17. The largest absolute Gasteiger partial charge is 0.373 e. The van der Waals surface area contributed by atoms with E-state index >= 15 is 0 Å². The van der Waals surface area contributed by atoms with Gasteiger partial charge in [0.05, 0.1) is 0 Å². The Morgan fingerprint density at radius 3 is 2.50 bits per heavy atom. The van der Waals surface area contributed by atoms with Crippen molar-refractivity contribution >= 4 is 17.5 Å². The number of nitrogens with zero attached hydrogens (tertiary/aromatic N) is 2. The van der Waals surface area contributed by atoms with Crippen LogP contribution in [0.15, 0.2) is 0 Å². The molecule has 18 heavy (non-hydrogen) atoms. The van der Waals surface area contributed by atoms with Crippen LogP contribution in [0.1, 0.15) is 31.7 Å². The summed E-state index contributed by atoms with van der Waals surface area (Å²) < 4.78 is 0. The second-order valence-corrected chi connectivity index (χ2v) is 4.28. The number of carbonyl (C=O) groups is 1. The van der Waals surface area contributed by atoms with E-state index in [-0.39, 0.29) is 18.4 Å². The zero-order valence-corrected chi connectivity index (χ0v) is 11.4. The van der Waals surface area contributed by atoms with Gasteiger partial charge in [0.1, 0.15) is 17.5 Å². The van der Waals surface area contributed by atoms with Crippen molar-refractivity contribution in [1.29, 1.82) is 0 Å². The summed E-state index contributed by atoms with van der Waals surface area (Å²) >= 11 is 0. The molecule has 1 atom stereocenters. The van der Waals surface area contributed by atoms with Crippen molar-refractivity contribution < 1.29 is 4.79 Å². The molecule has 1 heterocycles. The van der Waals surface area contributed by atoms with E-state index in [9.17, 15) is 4.79 Å². The Morgan fingerprint density at radius 1 is 1.39 bits per heavy atom. The summed E-state index contributed by atoms with van der Waals surface area (Å²) in [6.07, 6.45) is 1.04. The fraction of sp³-hybridized carbons (Fsp3) is 0.583. The van der Waals surface area contributed by atoms with E-state index in [0.29, 0.717) is 0 Å². The maximum absolute atomic E-state index is 10.9. The van der Waals surface area contributed by atoms with Gasteiger partial charge in [-0.05, 0) is 13.8 Å². The number of anilines is 2. The Kier molecular flexibility index (Phi) is 4.88. The minimum Gasteiger partial charge on any atom is -0.373 e. The molecule has 0 spiro atoms. The van der Waals surface area contributed by atoms with E-state index in [1.807, 2.05) is 27.8 Å². The summed E-state index contributed by atoms with van der Waals surface area (Å²) in [7, 11) is 1.82. The first-order valence-corrected chi connectivity index (χ1v) is 6.08. The van der Waals surface area contributed by atoms with Gasteiger partial charge >= 0.3 is 0 Å². The Morgan fingerprint density at radius 2 is 2.00 bits per heavy atom. The van der Waals surface area contributed by atoms with Crippen molar-refractivity contribution in [1.82, 2.24) is 9.97 Å². The fourth-order valence-electron chi connectivity index (χ4n) is 1.69. The fourth-order valence-corrected chi connectivity index (χ4v) is 1.69. The highest BCUT2D eigenvalue weighted by molar-refractivity contribution is 5.75. The number of carbonyl (C=O) groups excluding carboxylic acids is 1. The molecule has 0 aromatic carbocycles. The third-order valence-corrected chi connectivity index (χ3v) is 2.64. The maximum atomic E-state index is 10.9. The summed E-state index contributed by atoms with van der Waals surface area (Å²) in [6, 6.07) is -0.0505.